The van der Waals surface area contributed by atoms with Crippen LogP contribution in [0.4, 0.5) is 0 Å². The van der Waals surface area contributed by atoms with Crippen LogP contribution in [-0.2, 0) is 19.4 Å². The van der Waals surface area contributed by atoms with Crippen LogP contribution in [0.5, 0.6) is 0 Å². The second-order valence-corrected chi connectivity index (χ2v) is 8.86. The van der Waals surface area contributed by atoms with E-state index < -0.39 is 5.76 Å². The average Bonchev–Trinajstić information content (AvgIpc) is 3.31. The maximum Gasteiger partial charge on any atom is 1.00 e. The summed E-state index contributed by atoms with van der Waals surface area (Å²) in [6.45, 7) is 6.92. The van der Waals surface area contributed by atoms with Crippen molar-refractivity contribution in [2.75, 3.05) is 0 Å². The topological polar surface area (TPSA) is 93.8 Å². The predicted octanol–water partition coefficient (Wildman–Crippen LogP) is 2.41. The van der Waals surface area contributed by atoms with Crippen LogP contribution < -0.4 is 40.9 Å². The van der Waals surface area contributed by atoms with Crippen molar-refractivity contribution in [3.8, 4) is 22.5 Å². The van der Waals surface area contributed by atoms with Gasteiger partial charge in [0, 0.05) is 24.1 Å². The fourth-order valence-corrected chi connectivity index (χ4v) is 4.36. The molecule has 0 amide bonds. The Bertz CT molecular complexity index is 1410. The van der Waals surface area contributed by atoms with Crippen molar-refractivity contribution >= 4 is 0 Å². The van der Waals surface area contributed by atoms with E-state index in [1.165, 1.54) is 0 Å². The third-order valence-electron chi connectivity index (χ3n) is 6.31. The van der Waals surface area contributed by atoms with E-state index in [0.29, 0.717) is 18.8 Å². The molecule has 0 saturated carbocycles. The van der Waals surface area contributed by atoms with Gasteiger partial charge in [0.05, 0.1) is 5.69 Å². The van der Waals surface area contributed by atoms with Crippen LogP contribution in [0, 0.1) is 6.92 Å². The Kier molecular flexibility index (Phi) is 10.0. The molecule has 4 aromatic rings. The third kappa shape index (κ3) is 6.33. The van der Waals surface area contributed by atoms with Gasteiger partial charge in [-0.15, -0.1) is 0 Å². The number of hydrogen-bond acceptors (Lipinski definition) is 5. The smallest absolute Gasteiger partial charge is 1.00 e. The van der Waals surface area contributed by atoms with Crippen molar-refractivity contribution in [2.24, 2.45) is 0 Å². The summed E-state index contributed by atoms with van der Waals surface area (Å²) in [4.78, 5) is 32.4. The summed E-state index contributed by atoms with van der Waals surface area (Å²) >= 11 is 0. The van der Waals surface area contributed by atoms with Gasteiger partial charge < -0.3 is 1.43 Å². The Hall–Kier alpha value is -2.74. The van der Waals surface area contributed by atoms with Gasteiger partial charge in [-0.25, -0.2) is 9.78 Å². The minimum Gasteiger partial charge on any atom is -1.00 e. The van der Waals surface area contributed by atoms with Crippen molar-refractivity contribution in [2.45, 2.75) is 65.8 Å². The molecule has 0 aliphatic rings. The Labute approximate surface area is 234 Å². The number of unbranched alkanes of at least 4 members (excludes halogenated alkanes) is 2. The van der Waals surface area contributed by atoms with Crippen molar-refractivity contribution in [3.63, 3.8) is 0 Å². The van der Waals surface area contributed by atoms with E-state index >= 15 is 0 Å². The number of H-pyrrole nitrogens is 1. The number of hydrogen-bond donors (Lipinski definition) is 1. The number of nitrogens with one attached hydrogen (secondary N) is 1. The molecule has 1 N–H and O–H groups in total. The molecule has 184 valence electrons. The van der Waals surface area contributed by atoms with E-state index in [0.717, 1.165) is 71.4 Å². The molecule has 0 saturated heterocycles. The molecule has 0 atom stereocenters. The van der Waals surface area contributed by atoms with Crippen LogP contribution in [0.3, 0.4) is 0 Å². The number of rotatable bonds is 10. The number of aromatic amines is 1. The maximum absolute atomic E-state index is 13.5. The van der Waals surface area contributed by atoms with Crippen molar-refractivity contribution < 1.29 is 35.5 Å². The standard InChI is InChI=1S/C28H32N4O3.Na.H/c1-4-6-12-25-24(27(33)32(17-7-5-2)19(3)29-25)18-20-13-15-21(16-14-20)22-10-8-9-11-23(22)26-30-28(34)35-31-26;;/h8-11,13-16H,4-7,12,17-18H2,1-3H3,(H,30,31,34);;/q;+1;-1. The molecular formula is C28H33N4NaO3. The van der Waals surface area contributed by atoms with Crippen LogP contribution in [-0.4, -0.2) is 19.7 Å². The summed E-state index contributed by atoms with van der Waals surface area (Å²) in [5.41, 5.74) is 5.58. The van der Waals surface area contributed by atoms with Gasteiger partial charge in [-0.3, -0.25) is 18.9 Å². The van der Waals surface area contributed by atoms with Crippen LogP contribution in [0.15, 0.2) is 62.6 Å². The Morgan fingerprint density at radius 1 is 0.972 bits per heavy atom. The minimum absolute atomic E-state index is 0. The molecule has 2 aromatic heterocycles. The second kappa shape index (κ2) is 13.0. The molecule has 36 heavy (non-hydrogen) atoms. The van der Waals surface area contributed by atoms with Gasteiger partial charge in [0.2, 0.25) is 0 Å². The normalized spacial score (nSPS) is 10.9. The molecule has 2 aromatic carbocycles. The van der Waals surface area contributed by atoms with Crippen LogP contribution in [0.1, 0.15) is 63.6 Å². The molecule has 4 rings (SSSR count). The Morgan fingerprint density at radius 2 is 1.67 bits per heavy atom. The van der Waals surface area contributed by atoms with E-state index in [4.69, 9.17) is 4.98 Å². The average molecular weight is 497 g/mol. The summed E-state index contributed by atoms with van der Waals surface area (Å²) in [7, 11) is 0. The molecule has 0 fully saturated rings. The molecular weight excluding hydrogens is 463 g/mol. The van der Waals surface area contributed by atoms with Gasteiger partial charge in [-0.2, -0.15) is 0 Å². The van der Waals surface area contributed by atoms with Crippen LogP contribution in [0.25, 0.3) is 22.5 Å². The van der Waals surface area contributed by atoms with Gasteiger partial charge in [-0.05, 0) is 42.9 Å². The summed E-state index contributed by atoms with van der Waals surface area (Å²) in [6.07, 6.45) is 5.43. The van der Waals surface area contributed by atoms with Crippen molar-refractivity contribution in [1.29, 1.82) is 0 Å². The summed E-state index contributed by atoms with van der Waals surface area (Å²) in [6, 6.07) is 15.9. The third-order valence-corrected chi connectivity index (χ3v) is 6.31. The molecule has 0 spiro atoms. The largest absolute Gasteiger partial charge is 1.00 e. The zero-order valence-corrected chi connectivity index (χ0v) is 23.6. The quantitative estimate of drug-likeness (QED) is 0.341. The number of aryl methyl sites for hydroxylation is 2. The first-order chi connectivity index (χ1) is 17.0. The first-order valence-electron chi connectivity index (χ1n) is 12.4. The van der Waals surface area contributed by atoms with E-state index in [1.54, 1.807) is 0 Å². The molecule has 0 aliphatic heterocycles. The molecule has 0 aliphatic carbocycles. The summed E-state index contributed by atoms with van der Waals surface area (Å²) in [5, 5.41) is 3.84. The van der Waals surface area contributed by atoms with E-state index in [-0.39, 0.29) is 36.5 Å². The predicted molar refractivity (Wildman–Crippen MR) is 139 cm³/mol. The molecule has 2 heterocycles. The van der Waals surface area contributed by atoms with Gasteiger partial charge in [0.1, 0.15) is 5.82 Å². The zero-order valence-electron chi connectivity index (χ0n) is 22.6. The van der Waals surface area contributed by atoms with E-state index in [2.05, 4.69) is 40.6 Å². The monoisotopic (exact) mass is 496 g/mol. The molecule has 0 unspecified atom stereocenters. The van der Waals surface area contributed by atoms with Crippen molar-refractivity contribution in [3.05, 3.63) is 92.1 Å². The molecule has 0 radical (unpaired) electrons. The first-order valence-corrected chi connectivity index (χ1v) is 12.4. The molecule has 8 heteroatoms. The number of aromatic nitrogens is 4. The van der Waals surface area contributed by atoms with Crippen LogP contribution >= 0.6 is 0 Å². The summed E-state index contributed by atoms with van der Waals surface area (Å²) in [5.74, 6) is 0.616. The first kappa shape index (κ1) is 27.8. The van der Waals surface area contributed by atoms with E-state index in [1.807, 2.05) is 47.9 Å². The zero-order chi connectivity index (χ0) is 24.8. The summed E-state index contributed by atoms with van der Waals surface area (Å²) < 4.78 is 6.52. The minimum atomic E-state index is -0.583. The SMILES string of the molecule is CCCCc1nc(C)n(CCCC)c(=O)c1Cc1ccc(-c2ccccc2-c2noc(=O)[nH]2)cc1.[H-].[Na+]. The van der Waals surface area contributed by atoms with Gasteiger partial charge in [0.15, 0.2) is 5.82 Å². The molecule has 0 bridgehead atoms. The second-order valence-electron chi connectivity index (χ2n) is 8.86. The van der Waals surface area contributed by atoms with Gasteiger partial charge in [0.25, 0.3) is 5.56 Å². The van der Waals surface area contributed by atoms with Crippen LogP contribution in [0.2, 0.25) is 0 Å². The van der Waals surface area contributed by atoms with Crippen molar-refractivity contribution in [1.82, 2.24) is 19.7 Å². The maximum atomic E-state index is 13.5. The Morgan fingerprint density at radius 3 is 2.31 bits per heavy atom. The molecule has 7 nitrogen and oxygen atoms in total. The Balaban J connectivity index is 0.00000241. The fourth-order valence-electron chi connectivity index (χ4n) is 4.36. The van der Waals surface area contributed by atoms with Gasteiger partial charge >= 0.3 is 35.3 Å². The fraction of sp³-hybridized carbons (Fsp3) is 0.357. The van der Waals surface area contributed by atoms with E-state index in [9.17, 15) is 9.59 Å². The number of benzene rings is 2. The van der Waals surface area contributed by atoms with Gasteiger partial charge in [-0.1, -0.05) is 80.4 Å². The number of nitrogens with zero attached hydrogens (tertiary/aromatic N) is 3.